The normalized spacial score (nSPS) is 15.4. The van der Waals surface area contributed by atoms with Crippen LogP contribution in [0.15, 0.2) is 35.1 Å². The Labute approximate surface area is 150 Å². The van der Waals surface area contributed by atoms with Gasteiger partial charge in [-0.15, -0.1) is 0 Å². The lowest BCUT2D eigenvalue weighted by Crippen LogP contribution is -2.15. The van der Waals surface area contributed by atoms with Crippen molar-refractivity contribution in [1.29, 1.82) is 0 Å². The van der Waals surface area contributed by atoms with Gasteiger partial charge in [0.25, 0.3) is 5.56 Å². The molecule has 1 aromatic carbocycles. The molecule has 0 unspecified atom stereocenters. The van der Waals surface area contributed by atoms with Gasteiger partial charge in [-0.25, -0.2) is 4.79 Å². The van der Waals surface area contributed by atoms with E-state index in [2.05, 4.69) is 10.1 Å². The fraction of sp³-hybridized carbons (Fsp3) is 0.350. The van der Waals surface area contributed by atoms with Crippen molar-refractivity contribution in [2.24, 2.45) is 0 Å². The highest BCUT2D eigenvalue weighted by Crippen LogP contribution is 2.34. The van der Waals surface area contributed by atoms with Gasteiger partial charge in [-0.1, -0.05) is 31.4 Å². The summed E-state index contributed by atoms with van der Waals surface area (Å²) in [7, 11) is 0. The highest BCUT2D eigenvalue weighted by molar-refractivity contribution is 5.89. The molecule has 2 N–H and O–H groups in total. The van der Waals surface area contributed by atoms with E-state index in [0.717, 1.165) is 24.1 Å². The van der Waals surface area contributed by atoms with Crippen LogP contribution >= 0.6 is 0 Å². The highest BCUT2D eigenvalue weighted by Gasteiger charge is 2.23. The van der Waals surface area contributed by atoms with Crippen molar-refractivity contribution in [3.63, 3.8) is 0 Å². The maximum absolute atomic E-state index is 12.6. The van der Waals surface area contributed by atoms with Crippen molar-refractivity contribution >= 4 is 11.6 Å². The van der Waals surface area contributed by atoms with E-state index in [9.17, 15) is 14.7 Å². The van der Waals surface area contributed by atoms with Crippen LogP contribution in [-0.2, 0) is 0 Å². The Balaban J connectivity index is 1.83. The van der Waals surface area contributed by atoms with Crippen LogP contribution in [-0.4, -0.2) is 25.7 Å². The molecule has 3 aromatic rings. The number of aromatic nitrogens is 3. The van der Waals surface area contributed by atoms with E-state index < -0.39 is 5.97 Å². The average Bonchev–Trinajstić information content (AvgIpc) is 3.00. The smallest absolute Gasteiger partial charge is 0.335 e. The number of hydrogen-bond acceptors (Lipinski definition) is 3. The monoisotopic (exact) mass is 351 g/mol. The Morgan fingerprint density at radius 3 is 2.73 bits per heavy atom. The summed E-state index contributed by atoms with van der Waals surface area (Å²) in [5.41, 5.74) is 3.96. The van der Waals surface area contributed by atoms with Gasteiger partial charge >= 0.3 is 5.97 Å². The SMILES string of the molecule is Cc1c(C2CCCCC2)nn2c(=O)cc(-c3cccc(C(=O)O)c3)[nH]c12. The number of H-pyrrole nitrogens is 1. The van der Waals surface area contributed by atoms with Crippen molar-refractivity contribution in [1.82, 2.24) is 14.6 Å². The molecule has 0 saturated heterocycles. The van der Waals surface area contributed by atoms with Gasteiger partial charge in [-0.2, -0.15) is 9.61 Å². The van der Waals surface area contributed by atoms with Crippen LogP contribution in [0.4, 0.5) is 0 Å². The molecule has 26 heavy (non-hydrogen) atoms. The summed E-state index contributed by atoms with van der Waals surface area (Å²) in [6, 6.07) is 8.05. The Bertz CT molecular complexity index is 1040. The number of nitrogens with zero attached hydrogens (tertiary/aromatic N) is 2. The Morgan fingerprint density at radius 2 is 2.00 bits per heavy atom. The quantitative estimate of drug-likeness (QED) is 0.752. The minimum Gasteiger partial charge on any atom is -0.478 e. The second-order valence-corrected chi connectivity index (χ2v) is 7.01. The predicted molar refractivity (Wildman–Crippen MR) is 98.8 cm³/mol. The van der Waals surface area contributed by atoms with Gasteiger partial charge in [-0.3, -0.25) is 4.79 Å². The van der Waals surface area contributed by atoms with Crippen LogP contribution in [0.2, 0.25) is 0 Å². The fourth-order valence-electron chi connectivity index (χ4n) is 3.91. The number of fused-ring (bicyclic) bond motifs is 1. The number of aromatic carboxylic acids is 1. The number of carboxylic acid groups (broad SMARTS) is 1. The van der Waals surface area contributed by atoms with Crippen LogP contribution in [0.5, 0.6) is 0 Å². The fourth-order valence-corrected chi connectivity index (χ4v) is 3.91. The molecular weight excluding hydrogens is 330 g/mol. The number of carboxylic acids is 1. The van der Waals surface area contributed by atoms with Crippen LogP contribution < -0.4 is 5.56 Å². The van der Waals surface area contributed by atoms with E-state index in [1.165, 1.54) is 35.9 Å². The number of carbonyl (C=O) groups is 1. The molecule has 134 valence electrons. The molecule has 1 fully saturated rings. The maximum atomic E-state index is 12.6. The zero-order valence-corrected chi connectivity index (χ0v) is 14.7. The van der Waals surface area contributed by atoms with E-state index in [0.29, 0.717) is 22.8 Å². The third-order valence-corrected chi connectivity index (χ3v) is 5.30. The van der Waals surface area contributed by atoms with Crippen molar-refractivity contribution in [2.45, 2.75) is 44.9 Å². The van der Waals surface area contributed by atoms with E-state index in [4.69, 9.17) is 0 Å². The molecule has 0 atom stereocenters. The molecular formula is C20H21N3O3. The van der Waals surface area contributed by atoms with E-state index >= 15 is 0 Å². The topological polar surface area (TPSA) is 87.5 Å². The van der Waals surface area contributed by atoms with E-state index in [1.54, 1.807) is 18.2 Å². The molecule has 1 saturated carbocycles. The van der Waals surface area contributed by atoms with Gasteiger partial charge in [0.15, 0.2) is 0 Å². The molecule has 6 nitrogen and oxygen atoms in total. The lowest BCUT2D eigenvalue weighted by Gasteiger charge is -2.20. The molecule has 0 bridgehead atoms. The summed E-state index contributed by atoms with van der Waals surface area (Å²) in [5, 5.41) is 13.8. The van der Waals surface area contributed by atoms with Gasteiger partial charge in [0.1, 0.15) is 5.65 Å². The first-order valence-corrected chi connectivity index (χ1v) is 9.01. The molecule has 1 aliphatic rings. The van der Waals surface area contributed by atoms with Crippen molar-refractivity contribution < 1.29 is 9.90 Å². The summed E-state index contributed by atoms with van der Waals surface area (Å²) >= 11 is 0. The predicted octanol–water partition coefficient (Wildman–Crippen LogP) is 3.74. The third kappa shape index (κ3) is 2.81. The van der Waals surface area contributed by atoms with Gasteiger partial charge in [-0.05, 0) is 37.5 Å². The average molecular weight is 351 g/mol. The number of rotatable bonds is 3. The van der Waals surface area contributed by atoms with Gasteiger partial charge in [0.2, 0.25) is 0 Å². The molecule has 4 rings (SSSR count). The zero-order valence-electron chi connectivity index (χ0n) is 14.7. The molecule has 0 radical (unpaired) electrons. The molecule has 0 aliphatic heterocycles. The number of benzene rings is 1. The Morgan fingerprint density at radius 1 is 1.23 bits per heavy atom. The summed E-state index contributed by atoms with van der Waals surface area (Å²) < 4.78 is 1.43. The van der Waals surface area contributed by atoms with Crippen molar-refractivity contribution in [2.75, 3.05) is 0 Å². The van der Waals surface area contributed by atoms with Gasteiger partial charge in [0.05, 0.1) is 17.0 Å². The lowest BCUT2D eigenvalue weighted by atomic mass is 9.86. The van der Waals surface area contributed by atoms with Crippen LogP contribution in [0, 0.1) is 6.92 Å². The third-order valence-electron chi connectivity index (χ3n) is 5.30. The first kappa shape index (κ1) is 16.6. The standard InChI is InChI=1S/C20H21N3O3/c1-12-18(13-6-3-2-4-7-13)22-23-17(24)11-16(21-19(12)23)14-8-5-9-15(10-14)20(25)26/h5,8-11,13,21H,2-4,6-7H2,1H3,(H,25,26). The highest BCUT2D eigenvalue weighted by atomic mass is 16.4. The first-order valence-electron chi connectivity index (χ1n) is 9.01. The molecule has 6 heteroatoms. The summed E-state index contributed by atoms with van der Waals surface area (Å²) in [6.45, 7) is 2.00. The summed E-state index contributed by atoms with van der Waals surface area (Å²) in [6.07, 6.45) is 5.92. The van der Waals surface area contributed by atoms with Crippen LogP contribution in [0.3, 0.4) is 0 Å². The molecule has 2 heterocycles. The molecule has 1 aliphatic carbocycles. The Kier molecular flexibility index (Phi) is 4.11. The van der Waals surface area contributed by atoms with E-state index in [1.807, 2.05) is 6.92 Å². The van der Waals surface area contributed by atoms with Crippen LogP contribution in [0.1, 0.15) is 59.6 Å². The second kappa shape index (κ2) is 6.44. The number of nitrogens with one attached hydrogen (secondary N) is 1. The second-order valence-electron chi connectivity index (χ2n) is 7.01. The van der Waals surface area contributed by atoms with Crippen molar-refractivity contribution in [3.05, 3.63) is 57.5 Å². The van der Waals surface area contributed by atoms with Gasteiger partial charge in [0, 0.05) is 17.5 Å². The molecule has 0 spiro atoms. The van der Waals surface area contributed by atoms with E-state index in [-0.39, 0.29) is 11.1 Å². The number of hydrogen-bond donors (Lipinski definition) is 2. The van der Waals surface area contributed by atoms with Crippen LogP contribution in [0.25, 0.3) is 16.9 Å². The maximum Gasteiger partial charge on any atom is 0.335 e. The number of aromatic amines is 1. The first-order chi connectivity index (χ1) is 12.5. The number of aryl methyl sites for hydroxylation is 1. The molecule has 0 amide bonds. The van der Waals surface area contributed by atoms with Gasteiger partial charge < -0.3 is 10.1 Å². The largest absolute Gasteiger partial charge is 0.478 e. The van der Waals surface area contributed by atoms with Crippen molar-refractivity contribution in [3.8, 4) is 11.3 Å². The summed E-state index contributed by atoms with van der Waals surface area (Å²) in [5.74, 6) is -0.578. The minimum absolute atomic E-state index is 0.191. The lowest BCUT2D eigenvalue weighted by molar-refractivity contribution is 0.0697. The Hall–Kier alpha value is -2.89. The minimum atomic E-state index is -0.990. The summed E-state index contributed by atoms with van der Waals surface area (Å²) in [4.78, 5) is 27.1. The zero-order chi connectivity index (χ0) is 18.3. The molecule has 2 aromatic heterocycles.